The lowest BCUT2D eigenvalue weighted by Gasteiger charge is -2.09. The van der Waals surface area contributed by atoms with Gasteiger partial charge >= 0.3 is 0 Å². The van der Waals surface area contributed by atoms with Crippen molar-refractivity contribution in [2.45, 2.75) is 26.5 Å². The van der Waals surface area contributed by atoms with Crippen LogP contribution in [0.4, 0.5) is 4.39 Å². The summed E-state index contributed by atoms with van der Waals surface area (Å²) in [5, 5.41) is 18.6. The molecular formula is C18H19FN6O2. The summed E-state index contributed by atoms with van der Waals surface area (Å²) < 4.78 is 20.4. The van der Waals surface area contributed by atoms with Gasteiger partial charge in [0.1, 0.15) is 23.8 Å². The van der Waals surface area contributed by atoms with Gasteiger partial charge in [-0.1, -0.05) is 5.21 Å². The molecule has 0 saturated heterocycles. The molecule has 0 aliphatic rings. The van der Waals surface area contributed by atoms with Gasteiger partial charge in [-0.25, -0.2) is 9.07 Å². The molecule has 0 spiro atoms. The summed E-state index contributed by atoms with van der Waals surface area (Å²) in [4.78, 5) is 11.9. The predicted octanol–water partition coefficient (Wildman–Crippen LogP) is 2.13. The Morgan fingerprint density at radius 2 is 1.89 bits per heavy atom. The topological polar surface area (TPSA) is 94.8 Å². The number of nitrogens with zero attached hydrogens (tertiary/aromatic N) is 5. The smallest absolute Gasteiger partial charge is 0.272 e. The third-order valence-corrected chi connectivity index (χ3v) is 3.71. The van der Waals surface area contributed by atoms with Gasteiger partial charge < -0.3 is 10.1 Å². The fraction of sp³-hybridized carbons (Fsp3) is 0.278. The molecule has 8 nitrogen and oxygen atoms in total. The molecule has 1 amide bonds. The van der Waals surface area contributed by atoms with E-state index in [9.17, 15) is 9.18 Å². The quantitative estimate of drug-likeness (QED) is 0.714. The van der Waals surface area contributed by atoms with Crippen LogP contribution in [0.25, 0.3) is 11.3 Å². The average Bonchev–Trinajstić information content (AvgIpc) is 3.01. The van der Waals surface area contributed by atoms with Crippen molar-refractivity contribution in [1.82, 2.24) is 30.5 Å². The number of halogens is 1. The third-order valence-electron chi connectivity index (χ3n) is 3.71. The van der Waals surface area contributed by atoms with E-state index >= 15 is 0 Å². The number of carbonyl (C=O) groups excluding carboxylic acids is 1. The summed E-state index contributed by atoms with van der Waals surface area (Å²) in [7, 11) is 1.74. The Kier molecular flexibility index (Phi) is 5.39. The number of rotatable bonds is 6. The van der Waals surface area contributed by atoms with Crippen LogP contribution in [-0.4, -0.2) is 37.1 Å². The Morgan fingerprint density at radius 3 is 2.52 bits per heavy atom. The van der Waals surface area contributed by atoms with Gasteiger partial charge in [-0.3, -0.25) is 4.79 Å². The van der Waals surface area contributed by atoms with Crippen LogP contribution in [0.3, 0.4) is 0 Å². The number of aryl methyl sites for hydroxylation is 1. The fourth-order valence-electron chi connectivity index (χ4n) is 2.37. The first-order valence-electron chi connectivity index (χ1n) is 8.36. The van der Waals surface area contributed by atoms with Gasteiger partial charge in [-0.15, -0.1) is 15.3 Å². The first kappa shape index (κ1) is 18.4. The van der Waals surface area contributed by atoms with E-state index in [4.69, 9.17) is 4.74 Å². The molecule has 0 aliphatic carbocycles. The highest BCUT2D eigenvalue weighted by Crippen LogP contribution is 2.22. The summed E-state index contributed by atoms with van der Waals surface area (Å²) in [6, 6.07) is 9.11. The molecule has 1 aromatic carbocycles. The average molecular weight is 370 g/mol. The molecule has 0 unspecified atom stereocenters. The first-order chi connectivity index (χ1) is 12.9. The van der Waals surface area contributed by atoms with E-state index in [1.807, 2.05) is 13.8 Å². The number of hydrogen-bond acceptors (Lipinski definition) is 6. The summed E-state index contributed by atoms with van der Waals surface area (Å²) in [5.41, 5.74) is 2.24. The zero-order valence-electron chi connectivity index (χ0n) is 15.2. The fourth-order valence-corrected chi connectivity index (χ4v) is 2.37. The standard InChI is InChI=1S/C18H19FN6O2/c1-11(2)20-18(26)14-8-9-16(22-21-14)27-10-15-17(23-24-25(15)3)12-4-6-13(19)7-5-12/h4-9,11H,10H2,1-3H3,(H,20,26). The maximum atomic E-state index is 13.1. The van der Waals surface area contributed by atoms with Crippen LogP contribution < -0.4 is 10.1 Å². The van der Waals surface area contributed by atoms with Gasteiger partial charge in [0, 0.05) is 24.7 Å². The molecule has 0 saturated carbocycles. The number of benzene rings is 1. The first-order valence-corrected chi connectivity index (χ1v) is 8.36. The molecule has 0 fully saturated rings. The molecular weight excluding hydrogens is 351 g/mol. The second-order valence-electron chi connectivity index (χ2n) is 6.19. The Morgan fingerprint density at radius 1 is 1.15 bits per heavy atom. The lowest BCUT2D eigenvalue weighted by atomic mass is 10.1. The monoisotopic (exact) mass is 370 g/mol. The van der Waals surface area contributed by atoms with Crippen molar-refractivity contribution < 1.29 is 13.9 Å². The summed E-state index contributed by atoms with van der Waals surface area (Å²) in [6.07, 6.45) is 0. The number of carbonyl (C=O) groups is 1. The highest BCUT2D eigenvalue weighted by atomic mass is 19.1. The van der Waals surface area contributed by atoms with Crippen LogP contribution >= 0.6 is 0 Å². The van der Waals surface area contributed by atoms with Crippen molar-refractivity contribution in [3.05, 3.63) is 53.6 Å². The molecule has 0 atom stereocenters. The van der Waals surface area contributed by atoms with Crippen LogP contribution in [0.15, 0.2) is 36.4 Å². The van der Waals surface area contributed by atoms with Crippen molar-refractivity contribution >= 4 is 5.91 Å². The van der Waals surface area contributed by atoms with Gasteiger partial charge in [0.2, 0.25) is 5.88 Å². The molecule has 2 heterocycles. The van der Waals surface area contributed by atoms with E-state index in [0.29, 0.717) is 11.4 Å². The van der Waals surface area contributed by atoms with Gasteiger partial charge in [-0.2, -0.15) is 0 Å². The summed E-state index contributed by atoms with van der Waals surface area (Å²) >= 11 is 0. The molecule has 9 heteroatoms. The van der Waals surface area contributed by atoms with E-state index in [0.717, 1.165) is 5.56 Å². The summed E-state index contributed by atoms with van der Waals surface area (Å²) in [5.74, 6) is -0.349. The number of nitrogens with one attached hydrogen (secondary N) is 1. The van der Waals surface area contributed by atoms with Crippen LogP contribution in [0.5, 0.6) is 5.88 Å². The Bertz CT molecular complexity index is 922. The van der Waals surface area contributed by atoms with Crippen molar-refractivity contribution in [3.63, 3.8) is 0 Å². The molecule has 3 rings (SSSR count). The maximum Gasteiger partial charge on any atom is 0.272 e. The molecule has 1 N–H and O–H groups in total. The van der Waals surface area contributed by atoms with Crippen molar-refractivity contribution in [2.75, 3.05) is 0 Å². The Labute approximate surface area is 155 Å². The number of hydrogen-bond donors (Lipinski definition) is 1. The minimum Gasteiger partial charge on any atom is -0.470 e. The Hall–Kier alpha value is -3.36. The number of ether oxygens (including phenoxy) is 1. The van der Waals surface area contributed by atoms with Gasteiger partial charge in [0.05, 0.1) is 0 Å². The highest BCUT2D eigenvalue weighted by molar-refractivity contribution is 5.92. The third kappa shape index (κ3) is 4.43. The van der Waals surface area contributed by atoms with E-state index in [1.54, 1.807) is 36.0 Å². The highest BCUT2D eigenvalue weighted by Gasteiger charge is 2.15. The van der Waals surface area contributed by atoms with Crippen molar-refractivity contribution in [2.24, 2.45) is 7.05 Å². The lowest BCUT2D eigenvalue weighted by Crippen LogP contribution is -2.30. The molecule has 2 aromatic heterocycles. The molecule has 0 bridgehead atoms. The minimum absolute atomic E-state index is 0.0115. The molecule has 0 radical (unpaired) electrons. The predicted molar refractivity (Wildman–Crippen MR) is 95.4 cm³/mol. The van der Waals surface area contributed by atoms with Gasteiger partial charge in [0.15, 0.2) is 5.69 Å². The van der Waals surface area contributed by atoms with Crippen molar-refractivity contribution in [1.29, 1.82) is 0 Å². The van der Waals surface area contributed by atoms with Crippen LogP contribution in [-0.2, 0) is 13.7 Å². The molecule has 140 valence electrons. The van der Waals surface area contributed by atoms with Gasteiger partial charge in [0.25, 0.3) is 5.91 Å². The van der Waals surface area contributed by atoms with E-state index in [-0.39, 0.29) is 35.9 Å². The normalized spacial score (nSPS) is 10.9. The zero-order chi connectivity index (χ0) is 19.4. The molecule has 27 heavy (non-hydrogen) atoms. The van der Waals surface area contributed by atoms with Crippen LogP contribution in [0, 0.1) is 5.82 Å². The SMILES string of the molecule is CC(C)NC(=O)c1ccc(OCc2c(-c3ccc(F)cc3)nnn2C)nn1. The zero-order valence-corrected chi connectivity index (χ0v) is 15.2. The maximum absolute atomic E-state index is 13.1. The van der Waals surface area contributed by atoms with E-state index in [2.05, 4.69) is 25.8 Å². The minimum atomic E-state index is -0.322. The van der Waals surface area contributed by atoms with Crippen LogP contribution in [0.2, 0.25) is 0 Å². The molecule has 3 aromatic rings. The lowest BCUT2D eigenvalue weighted by molar-refractivity contribution is 0.0936. The van der Waals surface area contributed by atoms with Gasteiger partial charge in [-0.05, 0) is 44.2 Å². The second kappa shape index (κ2) is 7.90. The van der Waals surface area contributed by atoms with E-state index < -0.39 is 0 Å². The Balaban J connectivity index is 1.71. The van der Waals surface area contributed by atoms with Crippen molar-refractivity contribution in [3.8, 4) is 17.1 Å². The second-order valence-corrected chi connectivity index (χ2v) is 6.19. The van der Waals surface area contributed by atoms with E-state index in [1.165, 1.54) is 12.1 Å². The molecule has 0 aliphatic heterocycles. The number of amides is 1. The number of aromatic nitrogens is 5. The largest absolute Gasteiger partial charge is 0.470 e. The van der Waals surface area contributed by atoms with Crippen LogP contribution in [0.1, 0.15) is 30.0 Å². The summed E-state index contributed by atoms with van der Waals surface area (Å²) in [6.45, 7) is 3.87.